The van der Waals surface area contributed by atoms with Gasteiger partial charge in [-0.25, -0.2) is 4.98 Å². The van der Waals surface area contributed by atoms with Crippen LogP contribution in [0.15, 0.2) is 36.4 Å². The lowest BCUT2D eigenvalue weighted by Crippen LogP contribution is -2.09. The molecule has 22 heavy (non-hydrogen) atoms. The number of benzene rings is 1. The molecule has 2 rings (SSSR count). The molecule has 4 nitrogen and oxygen atoms in total. The number of nitrogens with one attached hydrogen (secondary N) is 2. The van der Waals surface area contributed by atoms with Crippen LogP contribution in [0.4, 0.5) is 11.8 Å². The normalized spacial score (nSPS) is 10.5. The van der Waals surface area contributed by atoms with Crippen LogP contribution in [-0.4, -0.2) is 23.1 Å². The van der Waals surface area contributed by atoms with Crippen LogP contribution in [0, 0.1) is 0 Å². The van der Waals surface area contributed by atoms with Gasteiger partial charge in [0.15, 0.2) is 0 Å². The first-order valence-corrected chi connectivity index (χ1v) is 8.25. The smallest absolute Gasteiger partial charge is 0.225 e. The summed E-state index contributed by atoms with van der Waals surface area (Å²) in [4.78, 5) is 9.21. The second-order valence-corrected chi connectivity index (χ2v) is 5.39. The zero-order chi connectivity index (χ0) is 15.6. The third-order valence-electron chi connectivity index (χ3n) is 3.42. The number of nitrogens with zero attached hydrogens (tertiary/aromatic N) is 2. The van der Waals surface area contributed by atoms with Gasteiger partial charge in [-0.15, -0.1) is 0 Å². The van der Waals surface area contributed by atoms with E-state index < -0.39 is 0 Å². The van der Waals surface area contributed by atoms with Gasteiger partial charge in [0.25, 0.3) is 0 Å². The summed E-state index contributed by atoms with van der Waals surface area (Å²) in [7, 11) is 0. The standard InChI is InChI=1S/C18H26N4/c1-3-5-9-13-20-18-21-16(15-10-7-6-8-11-15)14-17(22-18)19-12-4-2/h6-8,10-11,14H,3-5,9,12-13H2,1-2H3,(H2,19,20,21,22). The predicted octanol–water partition coefficient (Wildman–Crippen LogP) is 4.57. The van der Waals surface area contributed by atoms with Crippen LogP contribution in [0.25, 0.3) is 11.3 Å². The van der Waals surface area contributed by atoms with E-state index in [1.54, 1.807) is 0 Å². The van der Waals surface area contributed by atoms with Crippen molar-refractivity contribution >= 4 is 11.8 Å². The van der Waals surface area contributed by atoms with Crippen LogP contribution in [0.2, 0.25) is 0 Å². The van der Waals surface area contributed by atoms with Crippen molar-refractivity contribution in [1.82, 2.24) is 9.97 Å². The SMILES string of the molecule is CCCCCNc1nc(NCCC)cc(-c2ccccc2)n1. The predicted molar refractivity (Wildman–Crippen MR) is 94.3 cm³/mol. The average Bonchev–Trinajstić information content (AvgIpc) is 2.57. The molecule has 1 aromatic heterocycles. The summed E-state index contributed by atoms with van der Waals surface area (Å²) < 4.78 is 0. The van der Waals surface area contributed by atoms with Gasteiger partial charge in [-0.3, -0.25) is 0 Å². The van der Waals surface area contributed by atoms with Gasteiger partial charge in [-0.2, -0.15) is 4.98 Å². The van der Waals surface area contributed by atoms with E-state index in [0.717, 1.165) is 43.0 Å². The molecule has 0 aliphatic heterocycles. The molecule has 0 saturated carbocycles. The maximum Gasteiger partial charge on any atom is 0.225 e. The minimum Gasteiger partial charge on any atom is -0.370 e. The summed E-state index contributed by atoms with van der Waals surface area (Å²) in [5.74, 6) is 1.59. The lowest BCUT2D eigenvalue weighted by atomic mass is 10.1. The Morgan fingerprint density at radius 1 is 0.864 bits per heavy atom. The maximum absolute atomic E-state index is 4.65. The van der Waals surface area contributed by atoms with Crippen LogP contribution in [0.1, 0.15) is 39.5 Å². The summed E-state index contributed by atoms with van der Waals surface area (Å²) in [6.07, 6.45) is 4.67. The number of unbranched alkanes of at least 4 members (excludes halogenated alkanes) is 2. The molecule has 0 aliphatic carbocycles. The molecule has 2 aromatic rings. The van der Waals surface area contributed by atoms with Gasteiger partial charge in [-0.1, -0.05) is 57.0 Å². The van der Waals surface area contributed by atoms with Crippen molar-refractivity contribution in [2.75, 3.05) is 23.7 Å². The largest absolute Gasteiger partial charge is 0.370 e. The highest BCUT2D eigenvalue weighted by Crippen LogP contribution is 2.21. The monoisotopic (exact) mass is 298 g/mol. The number of hydrogen-bond acceptors (Lipinski definition) is 4. The van der Waals surface area contributed by atoms with Gasteiger partial charge < -0.3 is 10.6 Å². The quantitative estimate of drug-likeness (QED) is 0.666. The second kappa shape index (κ2) is 9.03. The Bertz CT molecular complexity index is 554. The molecule has 4 heteroatoms. The first-order valence-electron chi connectivity index (χ1n) is 8.25. The average molecular weight is 298 g/mol. The zero-order valence-electron chi connectivity index (χ0n) is 13.6. The molecular weight excluding hydrogens is 272 g/mol. The van der Waals surface area contributed by atoms with E-state index >= 15 is 0 Å². The van der Waals surface area contributed by atoms with Crippen LogP contribution >= 0.6 is 0 Å². The van der Waals surface area contributed by atoms with Crippen molar-refractivity contribution in [2.45, 2.75) is 39.5 Å². The Morgan fingerprint density at radius 3 is 2.41 bits per heavy atom. The fourth-order valence-corrected chi connectivity index (χ4v) is 2.20. The molecule has 0 bridgehead atoms. The first-order chi connectivity index (χ1) is 10.8. The van der Waals surface area contributed by atoms with E-state index in [2.05, 4.69) is 46.6 Å². The Balaban J connectivity index is 2.17. The maximum atomic E-state index is 4.65. The van der Waals surface area contributed by atoms with Crippen LogP contribution in [0.3, 0.4) is 0 Å². The van der Waals surface area contributed by atoms with E-state index in [4.69, 9.17) is 0 Å². The lowest BCUT2D eigenvalue weighted by Gasteiger charge is -2.11. The molecule has 0 atom stereocenters. The minimum absolute atomic E-state index is 0.705. The molecule has 2 N–H and O–H groups in total. The number of aromatic nitrogens is 2. The van der Waals surface area contributed by atoms with Gasteiger partial charge in [0, 0.05) is 24.7 Å². The molecule has 1 aromatic carbocycles. The molecule has 0 amide bonds. The lowest BCUT2D eigenvalue weighted by molar-refractivity contribution is 0.740. The van der Waals surface area contributed by atoms with Gasteiger partial charge in [-0.05, 0) is 12.8 Å². The Hall–Kier alpha value is -2.10. The molecule has 0 aliphatic rings. The van der Waals surface area contributed by atoms with Gasteiger partial charge in [0.2, 0.25) is 5.95 Å². The summed E-state index contributed by atoms with van der Waals surface area (Å²) >= 11 is 0. The van der Waals surface area contributed by atoms with Crippen LogP contribution in [-0.2, 0) is 0 Å². The number of rotatable bonds is 9. The molecule has 0 fully saturated rings. The topological polar surface area (TPSA) is 49.8 Å². The van der Waals surface area contributed by atoms with E-state index in [0.29, 0.717) is 5.95 Å². The molecular formula is C18H26N4. The van der Waals surface area contributed by atoms with E-state index in [1.807, 2.05) is 24.3 Å². The van der Waals surface area contributed by atoms with Crippen molar-refractivity contribution in [1.29, 1.82) is 0 Å². The highest BCUT2D eigenvalue weighted by Gasteiger charge is 2.06. The molecule has 118 valence electrons. The summed E-state index contributed by atoms with van der Waals surface area (Å²) in [6.45, 7) is 6.19. The molecule has 0 saturated heterocycles. The Morgan fingerprint density at radius 2 is 1.68 bits per heavy atom. The fourth-order valence-electron chi connectivity index (χ4n) is 2.20. The number of hydrogen-bond donors (Lipinski definition) is 2. The summed E-state index contributed by atoms with van der Waals surface area (Å²) in [5, 5.41) is 6.70. The summed E-state index contributed by atoms with van der Waals surface area (Å²) in [5.41, 5.74) is 2.06. The van der Waals surface area contributed by atoms with Gasteiger partial charge in [0.1, 0.15) is 5.82 Å². The first kappa shape index (κ1) is 16.3. The Kier molecular flexibility index (Phi) is 6.68. The van der Waals surface area contributed by atoms with E-state index in [-0.39, 0.29) is 0 Å². The molecule has 0 unspecified atom stereocenters. The molecule has 0 spiro atoms. The van der Waals surface area contributed by atoms with Crippen molar-refractivity contribution in [3.8, 4) is 11.3 Å². The second-order valence-electron chi connectivity index (χ2n) is 5.39. The highest BCUT2D eigenvalue weighted by molar-refractivity contribution is 5.64. The van der Waals surface area contributed by atoms with Crippen molar-refractivity contribution < 1.29 is 0 Å². The third-order valence-corrected chi connectivity index (χ3v) is 3.42. The van der Waals surface area contributed by atoms with Crippen LogP contribution < -0.4 is 10.6 Å². The van der Waals surface area contributed by atoms with E-state index in [9.17, 15) is 0 Å². The van der Waals surface area contributed by atoms with Crippen molar-refractivity contribution in [3.63, 3.8) is 0 Å². The third kappa shape index (κ3) is 5.02. The van der Waals surface area contributed by atoms with Crippen molar-refractivity contribution in [3.05, 3.63) is 36.4 Å². The molecule has 1 heterocycles. The van der Waals surface area contributed by atoms with Crippen LogP contribution in [0.5, 0.6) is 0 Å². The minimum atomic E-state index is 0.705. The summed E-state index contributed by atoms with van der Waals surface area (Å²) in [6, 6.07) is 12.3. The fraction of sp³-hybridized carbons (Fsp3) is 0.444. The van der Waals surface area contributed by atoms with Gasteiger partial charge >= 0.3 is 0 Å². The van der Waals surface area contributed by atoms with Gasteiger partial charge in [0.05, 0.1) is 5.69 Å². The highest BCUT2D eigenvalue weighted by atomic mass is 15.1. The van der Waals surface area contributed by atoms with Crippen molar-refractivity contribution in [2.24, 2.45) is 0 Å². The number of anilines is 2. The Labute approximate surface area is 133 Å². The van der Waals surface area contributed by atoms with E-state index in [1.165, 1.54) is 12.8 Å². The zero-order valence-corrected chi connectivity index (χ0v) is 13.6. The molecule has 0 radical (unpaired) electrons.